The second-order valence-corrected chi connectivity index (χ2v) is 3.61. The number of aromatic nitrogens is 2. The van der Waals surface area contributed by atoms with E-state index in [-0.39, 0.29) is 0 Å². The summed E-state index contributed by atoms with van der Waals surface area (Å²) in [6, 6.07) is 2.18. The zero-order chi connectivity index (χ0) is 13.1. The van der Waals surface area contributed by atoms with Gasteiger partial charge in [0, 0.05) is 19.0 Å². The van der Waals surface area contributed by atoms with Gasteiger partial charge in [0.05, 0.1) is 12.6 Å². The minimum atomic E-state index is 0.293. The second-order valence-electron chi connectivity index (χ2n) is 3.61. The molecule has 1 rings (SSSR count). The molecule has 0 bridgehead atoms. The number of anilines is 1. The van der Waals surface area contributed by atoms with Gasteiger partial charge in [0.1, 0.15) is 0 Å². The van der Waals surface area contributed by atoms with Gasteiger partial charge in [-0.05, 0) is 19.4 Å². The van der Waals surface area contributed by atoms with Crippen molar-refractivity contribution in [3.05, 3.63) is 18.0 Å². The molecule has 0 aliphatic carbocycles. The second kappa shape index (κ2) is 10.0. The van der Waals surface area contributed by atoms with Crippen molar-refractivity contribution in [3.8, 4) is 0 Å². The van der Waals surface area contributed by atoms with E-state index in [4.69, 9.17) is 4.74 Å². The summed E-state index contributed by atoms with van der Waals surface area (Å²) in [5, 5.41) is 3.27. The third-order valence-corrected chi connectivity index (χ3v) is 2.13. The molecule has 0 radical (unpaired) electrons. The van der Waals surface area contributed by atoms with Gasteiger partial charge in [0.25, 0.3) is 0 Å². The minimum absolute atomic E-state index is 0.293. The fourth-order valence-corrected chi connectivity index (χ4v) is 1.45. The molecule has 98 valence electrons. The van der Waals surface area contributed by atoms with Crippen LogP contribution in [0.1, 0.15) is 39.3 Å². The number of nitrogens with zero attached hydrogens (tertiary/aromatic N) is 2. The van der Waals surface area contributed by atoms with Crippen molar-refractivity contribution < 1.29 is 4.74 Å². The van der Waals surface area contributed by atoms with E-state index < -0.39 is 0 Å². The highest BCUT2D eigenvalue weighted by molar-refractivity contribution is 5.26. The largest absolute Gasteiger partial charge is 0.383 e. The van der Waals surface area contributed by atoms with Gasteiger partial charge in [-0.25, -0.2) is 9.97 Å². The first-order valence-corrected chi connectivity index (χ1v) is 6.31. The fraction of sp³-hybridized carbons (Fsp3) is 0.692. The Hall–Kier alpha value is -1.16. The fourth-order valence-electron chi connectivity index (χ4n) is 1.45. The predicted molar refractivity (Wildman–Crippen MR) is 72.3 cm³/mol. The minimum Gasteiger partial charge on any atom is -0.383 e. The van der Waals surface area contributed by atoms with Crippen LogP contribution in [0.15, 0.2) is 12.3 Å². The number of nitrogens with one attached hydrogen (secondary N) is 1. The van der Waals surface area contributed by atoms with E-state index in [1.54, 1.807) is 13.3 Å². The van der Waals surface area contributed by atoms with E-state index in [9.17, 15) is 0 Å². The molecule has 0 spiro atoms. The van der Waals surface area contributed by atoms with Crippen LogP contribution in [0, 0.1) is 6.92 Å². The zero-order valence-electron chi connectivity index (χ0n) is 11.7. The summed E-state index contributed by atoms with van der Waals surface area (Å²) in [6.07, 6.45) is 3.94. The average molecular weight is 239 g/mol. The number of aryl methyl sites for hydroxylation is 1. The smallest absolute Gasteiger partial charge is 0.223 e. The molecule has 0 fully saturated rings. The molecule has 0 aliphatic rings. The molecule has 0 saturated carbocycles. The monoisotopic (exact) mass is 239 g/mol. The topological polar surface area (TPSA) is 47.0 Å². The number of rotatable bonds is 6. The highest BCUT2D eigenvalue weighted by Crippen LogP contribution is 2.06. The first-order valence-electron chi connectivity index (χ1n) is 6.31. The van der Waals surface area contributed by atoms with E-state index in [0.717, 1.165) is 18.5 Å². The maximum atomic E-state index is 5.14. The summed E-state index contributed by atoms with van der Waals surface area (Å²) >= 11 is 0. The van der Waals surface area contributed by atoms with Gasteiger partial charge in [0.15, 0.2) is 0 Å². The van der Waals surface area contributed by atoms with E-state index in [1.165, 1.54) is 0 Å². The summed E-state index contributed by atoms with van der Waals surface area (Å²) in [6.45, 7) is 8.80. The van der Waals surface area contributed by atoms with Crippen LogP contribution < -0.4 is 5.32 Å². The highest BCUT2D eigenvalue weighted by Gasteiger charge is 2.08. The number of methoxy groups -OCH3 is 1. The molecule has 0 saturated heterocycles. The lowest BCUT2D eigenvalue weighted by atomic mass is 10.2. The van der Waals surface area contributed by atoms with Crippen LogP contribution in [-0.2, 0) is 4.74 Å². The lowest BCUT2D eigenvalue weighted by Crippen LogP contribution is -2.25. The van der Waals surface area contributed by atoms with Gasteiger partial charge in [-0.1, -0.05) is 27.2 Å². The Bertz CT molecular complexity index is 286. The van der Waals surface area contributed by atoms with Crippen molar-refractivity contribution in [1.82, 2.24) is 9.97 Å². The molecule has 1 atom stereocenters. The molecule has 0 aliphatic heterocycles. The van der Waals surface area contributed by atoms with Crippen LogP contribution in [0.2, 0.25) is 0 Å². The molecule has 1 heterocycles. The van der Waals surface area contributed by atoms with Crippen molar-refractivity contribution >= 4 is 5.95 Å². The number of ether oxygens (including phenoxy) is 1. The van der Waals surface area contributed by atoms with Gasteiger partial charge >= 0.3 is 0 Å². The van der Waals surface area contributed by atoms with Crippen LogP contribution in [0.25, 0.3) is 0 Å². The van der Waals surface area contributed by atoms with E-state index in [0.29, 0.717) is 18.6 Å². The summed E-state index contributed by atoms with van der Waals surface area (Å²) in [5.41, 5.74) is 0.972. The Morgan fingerprint density at radius 2 is 2.12 bits per heavy atom. The quantitative estimate of drug-likeness (QED) is 0.829. The normalized spacial score (nSPS) is 11.4. The Morgan fingerprint density at radius 3 is 2.65 bits per heavy atom. The van der Waals surface area contributed by atoms with Crippen molar-refractivity contribution in [2.24, 2.45) is 0 Å². The summed E-state index contributed by atoms with van der Waals surface area (Å²) in [7, 11) is 1.71. The van der Waals surface area contributed by atoms with Crippen LogP contribution in [0.5, 0.6) is 0 Å². The molecule has 1 N–H and O–H groups in total. The average Bonchev–Trinajstić information content (AvgIpc) is 2.32. The van der Waals surface area contributed by atoms with Crippen LogP contribution in [0.4, 0.5) is 5.95 Å². The Labute approximate surface area is 105 Å². The molecular weight excluding hydrogens is 214 g/mol. The van der Waals surface area contributed by atoms with Gasteiger partial charge in [-0.2, -0.15) is 0 Å². The van der Waals surface area contributed by atoms with Gasteiger partial charge < -0.3 is 10.1 Å². The van der Waals surface area contributed by atoms with Crippen LogP contribution in [0.3, 0.4) is 0 Å². The maximum Gasteiger partial charge on any atom is 0.223 e. The van der Waals surface area contributed by atoms with Crippen molar-refractivity contribution in [3.63, 3.8) is 0 Å². The summed E-state index contributed by atoms with van der Waals surface area (Å²) < 4.78 is 5.14. The van der Waals surface area contributed by atoms with Gasteiger partial charge in [-0.3, -0.25) is 0 Å². The molecule has 1 aromatic rings. The molecular formula is C13H25N3O. The summed E-state index contributed by atoms with van der Waals surface area (Å²) in [4.78, 5) is 8.47. The first kappa shape index (κ1) is 15.8. The lowest BCUT2D eigenvalue weighted by Gasteiger charge is -2.16. The van der Waals surface area contributed by atoms with Gasteiger partial charge in [-0.15, -0.1) is 0 Å². The highest BCUT2D eigenvalue weighted by atomic mass is 16.5. The standard InChI is InChI=1S/C11H19N3O.C2H6/c1-4-5-10(8-15-3)14-11-12-7-6-9(2)13-11;1-2/h6-7,10H,4-5,8H2,1-3H3,(H,12,13,14);1-2H3. The molecule has 1 aromatic heterocycles. The SMILES string of the molecule is CC.CCCC(COC)Nc1nccc(C)n1. The third kappa shape index (κ3) is 6.89. The van der Waals surface area contributed by atoms with E-state index in [1.807, 2.05) is 26.8 Å². The Morgan fingerprint density at radius 1 is 1.41 bits per heavy atom. The van der Waals surface area contributed by atoms with Crippen molar-refractivity contribution in [1.29, 1.82) is 0 Å². The number of hydrogen-bond acceptors (Lipinski definition) is 4. The van der Waals surface area contributed by atoms with Crippen LogP contribution in [-0.4, -0.2) is 29.7 Å². The lowest BCUT2D eigenvalue weighted by molar-refractivity contribution is 0.182. The Balaban J connectivity index is 0.00000121. The molecule has 4 nitrogen and oxygen atoms in total. The van der Waals surface area contributed by atoms with Crippen LogP contribution >= 0.6 is 0 Å². The molecule has 0 amide bonds. The third-order valence-electron chi connectivity index (χ3n) is 2.13. The van der Waals surface area contributed by atoms with Crippen molar-refractivity contribution in [2.45, 2.75) is 46.6 Å². The van der Waals surface area contributed by atoms with Gasteiger partial charge in [0.2, 0.25) is 5.95 Å². The molecule has 4 heteroatoms. The number of hydrogen-bond donors (Lipinski definition) is 1. The predicted octanol–water partition coefficient (Wildman–Crippen LogP) is 3.04. The first-order chi connectivity index (χ1) is 8.26. The maximum absolute atomic E-state index is 5.14. The zero-order valence-corrected chi connectivity index (χ0v) is 11.7. The van der Waals surface area contributed by atoms with E-state index in [2.05, 4.69) is 22.2 Å². The van der Waals surface area contributed by atoms with E-state index >= 15 is 0 Å². The Kier molecular flexibility index (Phi) is 9.34. The van der Waals surface area contributed by atoms with Crippen molar-refractivity contribution in [2.75, 3.05) is 19.0 Å². The molecule has 1 unspecified atom stereocenters. The molecule has 0 aromatic carbocycles. The summed E-state index contributed by atoms with van der Waals surface area (Å²) in [5.74, 6) is 0.686. The molecule has 17 heavy (non-hydrogen) atoms.